The van der Waals surface area contributed by atoms with Crippen LogP contribution in [0.5, 0.6) is 0 Å². The van der Waals surface area contributed by atoms with Crippen molar-refractivity contribution in [3.8, 4) is 0 Å². The van der Waals surface area contributed by atoms with Gasteiger partial charge in [0.25, 0.3) is 0 Å². The van der Waals surface area contributed by atoms with Crippen LogP contribution in [-0.4, -0.2) is 58.9 Å². The maximum absolute atomic E-state index is 4.25. The Morgan fingerprint density at radius 1 is 1.32 bits per heavy atom. The minimum atomic E-state index is 0.619. The average Bonchev–Trinajstić information content (AvgIpc) is 2.87. The standard InChI is InChI=1S/C15H29N7/c1-12-7-13(2)10-22(9-12)6-5-17-15(16-3)18-8-14-19-11-20-21(14)4/h11-13H,5-10H2,1-4H3,(H2,16,17,18). The first-order valence-electron chi connectivity index (χ1n) is 8.08. The van der Waals surface area contributed by atoms with Crippen LogP contribution in [0, 0.1) is 11.8 Å². The fraction of sp³-hybridized carbons (Fsp3) is 0.800. The molecular weight excluding hydrogens is 278 g/mol. The van der Waals surface area contributed by atoms with Gasteiger partial charge in [0.1, 0.15) is 12.2 Å². The number of aliphatic imine (C=N–C) groups is 1. The molecule has 7 nitrogen and oxygen atoms in total. The molecule has 2 unspecified atom stereocenters. The molecule has 0 saturated carbocycles. The topological polar surface area (TPSA) is 70.4 Å². The summed E-state index contributed by atoms with van der Waals surface area (Å²) in [7, 11) is 3.68. The van der Waals surface area contributed by atoms with Crippen molar-refractivity contribution in [1.82, 2.24) is 30.3 Å². The summed E-state index contributed by atoms with van der Waals surface area (Å²) in [5, 5.41) is 10.7. The van der Waals surface area contributed by atoms with Gasteiger partial charge in [-0.1, -0.05) is 13.8 Å². The lowest BCUT2D eigenvalue weighted by Gasteiger charge is -2.35. The summed E-state index contributed by atoms with van der Waals surface area (Å²) in [6.45, 7) is 9.67. The fourth-order valence-electron chi connectivity index (χ4n) is 3.17. The van der Waals surface area contributed by atoms with Crippen molar-refractivity contribution in [3.63, 3.8) is 0 Å². The van der Waals surface area contributed by atoms with Crippen LogP contribution in [-0.2, 0) is 13.6 Å². The molecule has 0 aliphatic carbocycles. The first kappa shape index (κ1) is 16.7. The Bertz CT molecular complexity index is 472. The van der Waals surface area contributed by atoms with Crippen molar-refractivity contribution < 1.29 is 0 Å². The molecular formula is C15H29N7. The second-order valence-electron chi connectivity index (χ2n) is 6.36. The minimum absolute atomic E-state index is 0.619. The van der Waals surface area contributed by atoms with Gasteiger partial charge in [0, 0.05) is 40.3 Å². The van der Waals surface area contributed by atoms with E-state index in [1.807, 2.05) is 7.05 Å². The third-order valence-corrected chi connectivity index (χ3v) is 4.11. The molecule has 2 heterocycles. The lowest BCUT2D eigenvalue weighted by atomic mass is 9.92. The predicted molar refractivity (Wildman–Crippen MR) is 88.6 cm³/mol. The number of hydrogen-bond donors (Lipinski definition) is 2. The third kappa shape index (κ3) is 4.98. The molecule has 0 amide bonds. The van der Waals surface area contributed by atoms with E-state index in [0.717, 1.165) is 36.7 Å². The largest absolute Gasteiger partial charge is 0.355 e. The summed E-state index contributed by atoms with van der Waals surface area (Å²) in [6, 6.07) is 0. The zero-order chi connectivity index (χ0) is 15.9. The van der Waals surface area contributed by atoms with Gasteiger partial charge in [0.2, 0.25) is 0 Å². The highest BCUT2D eigenvalue weighted by Crippen LogP contribution is 2.20. The molecule has 1 fully saturated rings. The molecule has 124 valence electrons. The van der Waals surface area contributed by atoms with E-state index in [1.165, 1.54) is 19.5 Å². The van der Waals surface area contributed by atoms with E-state index in [4.69, 9.17) is 0 Å². The van der Waals surface area contributed by atoms with E-state index in [1.54, 1.807) is 18.1 Å². The Balaban J connectivity index is 1.69. The van der Waals surface area contributed by atoms with Gasteiger partial charge in [0.15, 0.2) is 5.96 Å². The van der Waals surface area contributed by atoms with Crippen LogP contribution in [0.15, 0.2) is 11.3 Å². The maximum atomic E-state index is 4.25. The minimum Gasteiger partial charge on any atom is -0.355 e. The molecule has 2 rings (SSSR count). The molecule has 1 aliphatic heterocycles. The highest BCUT2D eigenvalue weighted by molar-refractivity contribution is 5.79. The van der Waals surface area contributed by atoms with Crippen LogP contribution in [0.1, 0.15) is 26.1 Å². The molecule has 0 bridgehead atoms. The predicted octanol–water partition coefficient (Wildman–Crippen LogP) is 0.458. The number of nitrogens with one attached hydrogen (secondary N) is 2. The quantitative estimate of drug-likeness (QED) is 0.611. The summed E-state index contributed by atoms with van der Waals surface area (Å²) in [6.07, 6.45) is 2.91. The first-order chi connectivity index (χ1) is 10.6. The van der Waals surface area contributed by atoms with Crippen molar-refractivity contribution in [2.24, 2.45) is 23.9 Å². The zero-order valence-electron chi connectivity index (χ0n) is 14.2. The second kappa shape index (κ2) is 8.12. The molecule has 22 heavy (non-hydrogen) atoms. The number of nitrogens with zero attached hydrogens (tertiary/aromatic N) is 5. The lowest BCUT2D eigenvalue weighted by Crippen LogP contribution is -2.45. The van der Waals surface area contributed by atoms with Crippen molar-refractivity contribution in [3.05, 3.63) is 12.2 Å². The Morgan fingerprint density at radius 2 is 2.05 bits per heavy atom. The second-order valence-corrected chi connectivity index (χ2v) is 6.36. The molecule has 2 N–H and O–H groups in total. The maximum Gasteiger partial charge on any atom is 0.191 e. The van der Waals surface area contributed by atoms with E-state index >= 15 is 0 Å². The molecule has 2 atom stereocenters. The van der Waals surface area contributed by atoms with Crippen LogP contribution in [0.4, 0.5) is 0 Å². The van der Waals surface area contributed by atoms with Gasteiger partial charge < -0.3 is 15.5 Å². The number of aryl methyl sites for hydroxylation is 1. The Labute approximate surface area is 133 Å². The van der Waals surface area contributed by atoms with Crippen molar-refractivity contribution >= 4 is 5.96 Å². The summed E-state index contributed by atoms with van der Waals surface area (Å²) in [5.41, 5.74) is 0. The van der Waals surface area contributed by atoms with Crippen molar-refractivity contribution in [2.45, 2.75) is 26.8 Å². The number of likely N-dealkylation sites (tertiary alicyclic amines) is 1. The van der Waals surface area contributed by atoms with Crippen molar-refractivity contribution in [1.29, 1.82) is 0 Å². The van der Waals surface area contributed by atoms with Gasteiger partial charge in [-0.2, -0.15) is 5.10 Å². The number of hydrogen-bond acceptors (Lipinski definition) is 4. The summed E-state index contributed by atoms with van der Waals surface area (Å²) in [4.78, 5) is 11.0. The molecule has 1 saturated heterocycles. The SMILES string of the molecule is CN=C(NCCN1CC(C)CC(C)C1)NCc1ncnn1C. The summed E-state index contributed by atoms with van der Waals surface area (Å²) < 4.78 is 1.76. The average molecular weight is 307 g/mol. The summed E-state index contributed by atoms with van der Waals surface area (Å²) in [5.74, 6) is 3.30. The number of aromatic nitrogens is 3. The van der Waals surface area contributed by atoms with E-state index in [2.05, 4.69) is 44.5 Å². The van der Waals surface area contributed by atoms with E-state index < -0.39 is 0 Å². The highest BCUT2D eigenvalue weighted by atomic mass is 15.3. The molecule has 1 aromatic heterocycles. The van der Waals surface area contributed by atoms with Gasteiger partial charge in [-0.05, 0) is 18.3 Å². The number of guanidine groups is 1. The summed E-state index contributed by atoms with van der Waals surface area (Å²) >= 11 is 0. The number of rotatable bonds is 5. The van der Waals surface area contributed by atoms with Gasteiger partial charge in [-0.3, -0.25) is 9.67 Å². The monoisotopic (exact) mass is 307 g/mol. The van der Waals surface area contributed by atoms with Crippen LogP contribution >= 0.6 is 0 Å². The van der Waals surface area contributed by atoms with Gasteiger partial charge >= 0.3 is 0 Å². The zero-order valence-corrected chi connectivity index (χ0v) is 14.2. The highest BCUT2D eigenvalue weighted by Gasteiger charge is 2.21. The van der Waals surface area contributed by atoms with E-state index in [9.17, 15) is 0 Å². The Morgan fingerprint density at radius 3 is 2.64 bits per heavy atom. The lowest BCUT2D eigenvalue weighted by molar-refractivity contribution is 0.143. The fourth-order valence-corrected chi connectivity index (χ4v) is 3.17. The van der Waals surface area contributed by atoms with Crippen LogP contribution < -0.4 is 10.6 Å². The molecule has 1 aromatic rings. The molecule has 0 radical (unpaired) electrons. The van der Waals surface area contributed by atoms with Crippen LogP contribution in [0.3, 0.4) is 0 Å². The Kier molecular flexibility index (Phi) is 6.18. The van der Waals surface area contributed by atoms with Gasteiger partial charge in [-0.15, -0.1) is 0 Å². The molecule has 7 heteroatoms. The third-order valence-electron chi connectivity index (χ3n) is 4.11. The van der Waals surface area contributed by atoms with Crippen LogP contribution in [0.25, 0.3) is 0 Å². The van der Waals surface area contributed by atoms with Gasteiger partial charge in [-0.25, -0.2) is 4.98 Å². The molecule has 0 aromatic carbocycles. The smallest absolute Gasteiger partial charge is 0.191 e. The molecule has 0 spiro atoms. The first-order valence-corrected chi connectivity index (χ1v) is 8.08. The number of piperidine rings is 1. The molecule has 1 aliphatic rings. The van der Waals surface area contributed by atoms with Crippen LogP contribution in [0.2, 0.25) is 0 Å². The van der Waals surface area contributed by atoms with E-state index in [-0.39, 0.29) is 0 Å². The van der Waals surface area contributed by atoms with E-state index in [0.29, 0.717) is 6.54 Å². The normalized spacial score (nSPS) is 23.5. The van der Waals surface area contributed by atoms with Gasteiger partial charge in [0.05, 0.1) is 6.54 Å². The Hall–Kier alpha value is -1.63. The van der Waals surface area contributed by atoms with Crippen molar-refractivity contribution in [2.75, 3.05) is 33.2 Å².